The average molecular weight is 538 g/mol. The van der Waals surface area contributed by atoms with E-state index >= 15 is 0 Å². The van der Waals surface area contributed by atoms with Gasteiger partial charge in [-0.15, -0.1) is 0 Å². The van der Waals surface area contributed by atoms with Crippen molar-refractivity contribution in [2.75, 3.05) is 18.0 Å². The fraction of sp³-hybridized carbons (Fsp3) is 0.379. The summed E-state index contributed by atoms with van der Waals surface area (Å²) in [6.07, 6.45) is 1.21. The van der Waals surface area contributed by atoms with Crippen molar-refractivity contribution in [3.05, 3.63) is 66.2 Å². The minimum atomic E-state index is -3.69. The minimum Gasteiger partial charge on any atom is -0.497 e. The van der Waals surface area contributed by atoms with Crippen molar-refractivity contribution >= 4 is 38.3 Å². The van der Waals surface area contributed by atoms with Gasteiger partial charge in [0, 0.05) is 30.9 Å². The molecule has 0 bridgehead atoms. The van der Waals surface area contributed by atoms with E-state index in [1.165, 1.54) is 4.31 Å². The lowest BCUT2D eigenvalue weighted by Crippen LogP contribution is -2.49. The van der Waals surface area contributed by atoms with Gasteiger partial charge in [-0.2, -0.15) is 0 Å². The lowest BCUT2D eigenvalue weighted by atomic mass is 10.1. The second-order valence-electron chi connectivity index (χ2n) is 9.68. The first-order valence-electron chi connectivity index (χ1n) is 12.9. The molecule has 2 atom stereocenters. The summed E-state index contributed by atoms with van der Waals surface area (Å²) >= 11 is 0. The highest BCUT2D eigenvalue weighted by atomic mass is 32.2. The molecule has 38 heavy (non-hydrogen) atoms. The van der Waals surface area contributed by atoms with Crippen LogP contribution in [0.15, 0.2) is 65.6 Å². The van der Waals surface area contributed by atoms with Crippen molar-refractivity contribution in [2.24, 2.45) is 0 Å². The molecule has 3 aromatic rings. The molecule has 3 aromatic carbocycles. The molecule has 2 amide bonds. The van der Waals surface area contributed by atoms with E-state index in [1.807, 2.05) is 56.3 Å². The number of methoxy groups -OCH3 is 1. The van der Waals surface area contributed by atoms with Gasteiger partial charge in [-0.05, 0) is 61.9 Å². The maximum atomic E-state index is 13.5. The first kappa shape index (κ1) is 27.4. The van der Waals surface area contributed by atoms with Crippen LogP contribution in [0.3, 0.4) is 0 Å². The number of hydrogen-bond acceptors (Lipinski definition) is 5. The van der Waals surface area contributed by atoms with E-state index in [1.54, 1.807) is 37.1 Å². The molecule has 1 aliphatic rings. The van der Waals surface area contributed by atoms with E-state index in [0.29, 0.717) is 22.8 Å². The molecule has 202 valence electrons. The molecule has 0 saturated heterocycles. The van der Waals surface area contributed by atoms with Crippen LogP contribution in [0.2, 0.25) is 0 Å². The Morgan fingerprint density at radius 1 is 1.03 bits per heavy atom. The van der Waals surface area contributed by atoms with Crippen molar-refractivity contribution in [3.63, 3.8) is 0 Å². The van der Waals surface area contributed by atoms with Crippen molar-refractivity contribution in [3.8, 4) is 5.75 Å². The molecule has 0 saturated carbocycles. The molecule has 4 rings (SSSR count). The quantitative estimate of drug-likeness (QED) is 0.389. The lowest BCUT2D eigenvalue weighted by molar-refractivity contribution is -0.140. The zero-order chi connectivity index (χ0) is 27.4. The standard InChI is InChI=1S/C29H35N3O5S/c1-5-20(2)30-29(34)21(3)31(19-22-14-16-24(37-4)17-15-22)27(33)13-8-18-32-25-11-6-9-23-10-7-12-26(28(23)25)38(32,35)36/h6-7,9-12,14-17,20-21H,5,8,13,18-19H2,1-4H3,(H,30,34)/t20-,21-/m1/s1. The summed E-state index contributed by atoms with van der Waals surface area (Å²) in [4.78, 5) is 28.3. The Kier molecular flexibility index (Phi) is 8.26. The molecule has 0 radical (unpaired) electrons. The lowest BCUT2D eigenvalue weighted by Gasteiger charge is -2.30. The fourth-order valence-corrected chi connectivity index (χ4v) is 6.44. The summed E-state index contributed by atoms with van der Waals surface area (Å²) < 4.78 is 33.1. The van der Waals surface area contributed by atoms with Crippen LogP contribution in [0.5, 0.6) is 5.75 Å². The van der Waals surface area contributed by atoms with Crippen LogP contribution in [0.4, 0.5) is 5.69 Å². The van der Waals surface area contributed by atoms with Crippen LogP contribution in [0, 0.1) is 0 Å². The maximum absolute atomic E-state index is 13.5. The van der Waals surface area contributed by atoms with Crippen LogP contribution >= 0.6 is 0 Å². The number of anilines is 1. The molecular weight excluding hydrogens is 502 g/mol. The highest BCUT2D eigenvalue weighted by molar-refractivity contribution is 7.93. The van der Waals surface area contributed by atoms with Gasteiger partial charge in [0.2, 0.25) is 11.8 Å². The predicted octanol–water partition coefficient (Wildman–Crippen LogP) is 4.47. The molecule has 0 fully saturated rings. The number of benzene rings is 3. The van der Waals surface area contributed by atoms with Crippen molar-refractivity contribution in [2.45, 2.75) is 63.6 Å². The predicted molar refractivity (Wildman–Crippen MR) is 149 cm³/mol. The Balaban J connectivity index is 1.49. The Hall–Kier alpha value is -3.59. The Labute approximate surface area is 224 Å². The fourth-order valence-electron chi connectivity index (χ4n) is 4.69. The van der Waals surface area contributed by atoms with Crippen LogP contribution in [0.25, 0.3) is 10.8 Å². The SMILES string of the molecule is CC[C@@H](C)NC(=O)[C@@H](C)N(Cc1ccc(OC)cc1)C(=O)CCCN1c2cccc3cccc(c23)S1(=O)=O. The molecule has 1 heterocycles. The summed E-state index contributed by atoms with van der Waals surface area (Å²) in [5, 5.41) is 4.55. The van der Waals surface area contributed by atoms with Gasteiger partial charge in [0.15, 0.2) is 0 Å². The van der Waals surface area contributed by atoms with Crippen LogP contribution < -0.4 is 14.4 Å². The third-order valence-corrected chi connectivity index (χ3v) is 8.97. The third kappa shape index (κ3) is 5.48. The largest absolute Gasteiger partial charge is 0.497 e. The molecule has 0 unspecified atom stereocenters. The third-order valence-electron chi connectivity index (χ3n) is 7.11. The van der Waals surface area contributed by atoms with Gasteiger partial charge in [-0.25, -0.2) is 8.42 Å². The van der Waals surface area contributed by atoms with E-state index in [0.717, 1.165) is 22.8 Å². The monoisotopic (exact) mass is 537 g/mol. The molecule has 0 aromatic heterocycles. The Morgan fingerprint density at radius 3 is 2.37 bits per heavy atom. The highest BCUT2D eigenvalue weighted by Crippen LogP contribution is 2.42. The van der Waals surface area contributed by atoms with E-state index in [-0.39, 0.29) is 37.4 Å². The van der Waals surface area contributed by atoms with E-state index in [4.69, 9.17) is 4.74 Å². The van der Waals surface area contributed by atoms with Gasteiger partial charge in [-0.3, -0.25) is 13.9 Å². The topological polar surface area (TPSA) is 96.0 Å². The molecule has 1 N–H and O–H groups in total. The van der Waals surface area contributed by atoms with Gasteiger partial charge in [0.05, 0.1) is 17.7 Å². The minimum absolute atomic E-state index is 0.00685. The average Bonchev–Trinajstić information content (AvgIpc) is 3.14. The summed E-state index contributed by atoms with van der Waals surface area (Å²) in [5.41, 5.74) is 1.51. The van der Waals surface area contributed by atoms with Crippen molar-refractivity contribution in [1.82, 2.24) is 10.2 Å². The zero-order valence-electron chi connectivity index (χ0n) is 22.3. The molecule has 8 nitrogen and oxygen atoms in total. The van der Waals surface area contributed by atoms with Gasteiger partial charge in [-0.1, -0.05) is 43.3 Å². The second kappa shape index (κ2) is 11.4. The number of ether oxygens (including phenoxy) is 1. The highest BCUT2D eigenvalue weighted by Gasteiger charge is 2.35. The Morgan fingerprint density at radius 2 is 1.71 bits per heavy atom. The smallest absolute Gasteiger partial charge is 0.265 e. The van der Waals surface area contributed by atoms with Crippen molar-refractivity contribution < 1.29 is 22.7 Å². The normalized spacial score (nSPS) is 15.2. The summed E-state index contributed by atoms with van der Waals surface area (Å²) in [7, 11) is -2.10. The Bertz CT molecular complexity index is 1420. The number of carbonyl (C=O) groups is 2. The second-order valence-corrected chi connectivity index (χ2v) is 11.5. The number of rotatable bonds is 11. The van der Waals surface area contributed by atoms with E-state index in [9.17, 15) is 18.0 Å². The van der Waals surface area contributed by atoms with Crippen molar-refractivity contribution in [1.29, 1.82) is 0 Å². The number of nitrogens with one attached hydrogen (secondary N) is 1. The summed E-state index contributed by atoms with van der Waals surface area (Å²) in [5.74, 6) is 0.280. The molecule has 0 spiro atoms. The zero-order valence-corrected chi connectivity index (χ0v) is 23.1. The number of sulfonamides is 1. The van der Waals surface area contributed by atoms with Gasteiger partial charge >= 0.3 is 0 Å². The van der Waals surface area contributed by atoms with E-state index in [2.05, 4.69) is 5.32 Å². The maximum Gasteiger partial charge on any atom is 0.265 e. The first-order chi connectivity index (χ1) is 18.2. The van der Waals surface area contributed by atoms with Crippen LogP contribution in [-0.4, -0.2) is 50.9 Å². The van der Waals surface area contributed by atoms with Crippen LogP contribution in [-0.2, 0) is 26.2 Å². The summed E-state index contributed by atoms with van der Waals surface area (Å²) in [6.45, 7) is 6.06. The number of amides is 2. The first-order valence-corrected chi connectivity index (χ1v) is 14.4. The van der Waals surface area contributed by atoms with Gasteiger partial charge < -0.3 is 15.0 Å². The van der Waals surface area contributed by atoms with Gasteiger partial charge in [0.1, 0.15) is 11.8 Å². The molecule has 1 aliphatic heterocycles. The molecule has 9 heteroatoms. The number of carbonyl (C=O) groups excluding carboxylic acids is 2. The van der Waals surface area contributed by atoms with E-state index < -0.39 is 16.1 Å². The number of hydrogen-bond donors (Lipinski definition) is 1. The molecule has 0 aliphatic carbocycles. The summed E-state index contributed by atoms with van der Waals surface area (Å²) in [6, 6.07) is 17.5. The van der Waals surface area contributed by atoms with Crippen LogP contribution in [0.1, 0.15) is 45.6 Å². The molecular formula is C29H35N3O5S. The van der Waals surface area contributed by atoms with Gasteiger partial charge in [0.25, 0.3) is 10.0 Å². The number of nitrogens with zero attached hydrogens (tertiary/aromatic N) is 2.